The van der Waals surface area contributed by atoms with E-state index in [9.17, 15) is 13.2 Å². The number of anilines is 2. The Balaban J connectivity index is 1.49. The third-order valence-electron chi connectivity index (χ3n) is 8.38. The smallest absolute Gasteiger partial charge is 0.243 e. The zero-order valence-corrected chi connectivity index (χ0v) is 21.8. The lowest BCUT2D eigenvalue weighted by molar-refractivity contribution is -0.138. The van der Waals surface area contributed by atoms with Gasteiger partial charge in [0, 0.05) is 31.1 Å². The molecule has 5 aliphatic rings. The van der Waals surface area contributed by atoms with Gasteiger partial charge in [0.15, 0.2) is 0 Å². The number of amides is 1. The first-order chi connectivity index (χ1) is 16.2. The van der Waals surface area contributed by atoms with E-state index < -0.39 is 15.4 Å². The van der Waals surface area contributed by atoms with Gasteiger partial charge in [-0.15, -0.1) is 11.6 Å². The first-order valence-corrected chi connectivity index (χ1v) is 14.5. The van der Waals surface area contributed by atoms with E-state index >= 15 is 0 Å². The van der Waals surface area contributed by atoms with E-state index in [4.69, 9.17) is 16.3 Å². The monoisotopic (exact) mass is 509 g/mol. The van der Waals surface area contributed by atoms with Crippen molar-refractivity contribution in [1.29, 1.82) is 0 Å². The number of halogens is 1. The van der Waals surface area contributed by atoms with E-state index in [0.717, 1.165) is 31.4 Å². The molecule has 1 amide bonds. The van der Waals surface area contributed by atoms with Crippen LogP contribution < -0.4 is 10.2 Å². The fourth-order valence-corrected chi connectivity index (χ4v) is 9.42. The molecule has 6 rings (SSSR count). The molecule has 1 aliphatic heterocycles. The zero-order valence-electron chi connectivity index (χ0n) is 20.2. The molecule has 0 aromatic heterocycles. The molecule has 188 valence electrons. The van der Waals surface area contributed by atoms with Crippen LogP contribution in [0.5, 0.6) is 0 Å². The van der Waals surface area contributed by atoms with Crippen molar-refractivity contribution in [1.82, 2.24) is 4.31 Å². The lowest BCUT2D eigenvalue weighted by Gasteiger charge is -2.59. The molecule has 0 radical (unpaired) electrons. The molecule has 1 aromatic carbocycles. The third kappa shape index (κ3) is 4.25. The number of alkyl halides is 1. The van der Waals surface area contributed by atoms with E-state index in [1.54, 1.807) is 12.1 Å². The van der Waals surface area contributed by atoms with Crippen molar-refractivity contribution in [3.8, 4) is 0 Å². The second-order valence-corrected chi connectivity index (χ2v) is 13.5. The Morgan fingerprint density at radius 2 is 1.79 bits per heavy atom. The molecule has 1 heterocycles. The van der Waals surface area contributed by atoms with E-state index in [1.165, 1.54) is 10.7 Å². The van der Waals surface area contributed by atoms with Crippen molar-refractivity contribution in [2.24, 2.45) is 17.3 Å². The maximum absolute atomic E-state index is 13.9. The standard InChI is InChI=1S/C25H36ClN3O4S/c1-3-29(4-2)34(31,32)20-5-6-22(28-7-9-33-10-8-28)21(12-20)27-23(30)24-13-18-11-19(14-24)16-25(26,15-18)17-24/h5-6,12,18-19H,3-4,7-11,13-17H2,1-2H3,(H,27,30)/t18-,19+,24?,25?. The van der Waals surface area contributed by atoms with Gasteiger partial charge in [0.2, 0.25) is 15.9 Å². The van der Waals surface area contributed by atoms with Gasteiger partial charge < -0.3 is 15.0 Å². The number of hydrogen-bond acceptors (Lipinski definition) is 5. The summed E-state index contributed by atoms with van der Waals surface area (Å²) >= 11 is 6.99. The second-order valence-electron chi connectivity index (χ2n) is 10.7. The summed E-state index contributed by atoms with van der Waals surface area (Å²) in [6.45, 7) is 7.08. The maximum atomic E-state index is 13.9. The summed E-state index contributed by atoms with van der Waals surface area (Å²) in [6.07, 6.45) is 5.68. The van der Waals surface area contributed by atoms with Crippen LogP contribution in [0.4, 0.5) is 11.4 Å². The predicted octanol–water partition coefficient (Wildman–Crippen LogP) is 4.07. The Labute approximate surface area is 208 Å². The molecular weight excluding hydrogens is 474 g/mol. The minimum Gasteiger partial charge on any atom is -0.378 e. The second kappa shape index (κ2) is 8.95. The highest BCUT2D eigenvalue weighted by Gasteiger charge is 2.60. The molecule has 34 heavy (non-hydrogen) atoms. The molecule has 4 saturated carbocycles. The first kappa shape index (κ1) is 24.3. The summed E-state index contributed by atoms with van der Waals surface area (Å²) in [4.78, 5) is 16.0. The summed E-state index contributed by atoms with van der Waals surface area (Å²) in [5.74, 6) is 1.02. The molecule has 4 bridgehead atoms. The molecule has 5 fully saturated rings. The van der Waals surface area contributed by atoms with Crippen LogP contribution in [0.1, 0.15) is 52.4 Å². The number of hydrogen-bond donors (Lipinski definition) is 1. The van der Waals surface area contributed by atoms with Crippen molar-refractivity contribution in [3.63, 3.8) is 0 Å². The fraction of sp³-hybridized carbons (Fsp3) is 0.720. The largest absolute Gasteiger partial charge is 0.378 e. The van der Waals surface area contributed by atoms with Gasteiger partial charge in [0.1, 0.15) is 0 Å². The maximum Gasteiger partial charge on any atom is 0.243 e. The minimum atomic E-state index is -3.64. The van der Waals surface area contributed by atoms with Crippen molar-refractivity contribution >= 4 is 38.9 Å². The lowest BCUT2D eigenvalue weighted by atomic mass is 9.49. The van der Waals surface area contributed by atoms with Crippen LogP contribution in [0.15, 0.2) is 23.1 Å². The highest BCUT2D eigenvalue weighted by molar-refractivity contribution is 7.89. The number of nitrogens with zero attached hydrogens (tertiary/aromatic N) is 2. The van der Waals surface area contributed by atoms with Crippen molar-refractivity contribution < 1.29 is 17.9 Å². The normalized spacial score (nSPS) is 32.9. The van der Waals surface area contributed by atoms with Gasteiger partial charge in [0.05, 0.1) is 34.9 Å². The minimum absolute atomic E-state index is 0.00137. The molecule has 1 aromatic rings. The van der Waals surface area contributed by atoms with Gasteiger partial charge in [-0.2, -0.15) is 4.31 Å². The Morgan fingerprint density at radius 3 is 2.38 bits per heavy atom. The number of sulfonamides is 1. The van der Waals surface area contributed by atoms with Crippen LogP contribution >= 0.6 is 11.6 Å². The predicted molar refractivity (Wildman–Crippen MR) is 134 cm³/mol. The molecule has 4 aliphatic carbocycles. The molecule has 1 saturated heterocycles. The Kier molecular flexibility index (Phi) is 6.41. The summed E-state index contributed by atoms with van der Waals surface area (Å²) in [6, 6.07) is 5.14. The molecule has 0 spiro atoms. The van der Waals surface area contributed by atoms with Gasteiger partial charge in [-0.25, -0.2) is 8.42 Å². The summed E-state index contributed by atoms with van der Waals surface area (Å²) in [5.41, 5.74) is 0.960. The quantitative estimate of drug-likeness (QED) is 0.560. The molecule has 1 N–H and O–H groups in total. The number of nitrogens with one attached hydrogen (secondary N) is 1. The molecular formula is C25H36ClN3O4S. The average Bonchev–Trinajstić information content (AvgIpc) is 2.78. The number of benzene rings is 1. The Morgan fingerprint density at radius 1 is 1.15 bits per heavy atom. The number of carbonyl (C=O) groups is 1. The molecule has 2 unspecified atom stereocenters. The highest BCUT2D eigenvalue weighted by Crippen LogP contribution is 2.64. The molecule has 9 heteroatoms. The van der Waals surface area contributed by atoms with Crippen LogP contribution in [0.3, 0.4) is 0 Å². The summed E-state index contributed by atoms with van der Waals surface area (Å²) in [7, 11) is -3.64. The van der Waals surface area contributed by atoms with Gasteiger partial charge in [-0.05, 0) is 68.6 Å². The van der Waals surface area contributed by atoms with Crippen LogP contribution in [0.25, 0.3) is 0 Å². The van der Waals surface area contributed by atoms with Gasteiger partial charge in [-0.3, -0.25) is 4.79 Å². The van der Waals surface area contributed by atoms with Crippen LogP contribution in [-0.2, 0) is 19.6 Å². The van der Waals surface area contributed by atoms with Crippen molar-refractivity contribution in [2.45, 2.75) is 62.1 Å². The van der Waals surface area contributed by atoms with E-state index in [0.29, 0.717) is 63.3 Å². The van der Waals surface area contributed by atoms with Crippen molar-refractivity contribution in [3.05, 3.63) is 18.2 Å². The number of morpholine rings is 1. The SMILES string of the molecule is CCN(CC)S(=O)(=O)c1ccc(N2CCOCC2)c(NC(=O)C23C[C@@H]4C[C@@H](CC(Cl)(C4)C2)C3)c1. The van der Waals surface area contributed by atoms with Gasteiger partial charge >= 0.3 is 0 Å². The van der Waals surface area contributed by atoms with Gasteiger partial charge in [-0.1, -0.05) is 13.8 Å². The molecule has 4 atom stereocenters. The number of rotatable bonds is 7. The summed E-state index contributed by atoms with van der Waals surface area (Å²) in [5, 5.41) is 3.21. The summed E-state index contributed by atoms with van der Waals surface area (Å²) < 4.78 is 33.4. The lowest BCUT2D eigenvalue weighted by Crippen LogP contribution is -2.57. The van der Waals surface area contributed by atoms with Crippen LogP contribution in [0.2, 0.25) is 0 Å². The third-order valence-corrected chi connectivity index (χ3v) is 10.9. The Bertz CT molecular complexity index is 1040. The number of ether oxygens (including phenoxy) is 1. The average molecular weight is 510 g/mol. The van der Waals surface area contributed by atoms with E-state index in [-0.39, 0.29) is 15.7 Å². The fourth-order valence-electron chi connectivity index (χ4n) is 7.24. The van der Waals surface area contributed by atoms with Crippen molar-refractivity contribution in [2.75, 3.05) is 49.6 Å². The number of carbonyl (C=O) groups excluding carboxylic acids is 1. The first-order valence-electron chi connectivity index (χ1n) is 12.7. The van der Waals surface area contributed by atoms with Crippen LogP contribution in [0, 0.1) is 17.3 Å². The molecule has 7 nitrogen and oxygen atoms in total. The highest BCUT2D eigenvalue weighted by atomic mass is 35.5. The Hall–Kier alpha value is -1.35. The topological polar surface area (TPSA) is 79.0 Å². The van der Waals surface area contributed by atoms with E-state index in [1.807, 2.05) is 19.9 Å². The van der Waals surface area contributed by atoms with E-state index in [2.05, 4.69) is 10.2 Å². The van der Waals surface area contributed by atoms with Crippen LogP contribution in [-0.4, -0.2) is 62.9 Å². The zero-order chi connectivity index (χ0) is 24.1. The van der Waals surface area contributed by atoms with Gasteiger partial charge in [0.25, 0.3) is 0 Å².